The molecule has 24 heavy (non-hydrogen) atoms. The summed E-state index contributed by atoms with van der Waals surface area (Å²) in [5.74, 6) is 0.898. The monoisotopic (exact) mass is 381 g/mol. The lowest BCUT2D eigenvalue weighted by molar-refractivity contribution is 0.103. The molecular weight excluding hydrogens is 369 g/mol. The molecule has 0 unspecified atom stereocenters. The molecule has 0 aliphatic carbocycles. The number of benzene rings is 2. The first-order valence-corrected chi connectivity index (χ1v) is 8.52. The maximum absolute atomic E-state index is 12.6. The maximum Gasteiger partial charge on any atom is 0.267 e. The van der Waals surface area contributed by atoms with Gasteiger partial charge in [0.25, 0.3) is 5.91 Å². The smallest absolute Gasteiger partial charge is 0.267 e. The molecule has 4 nitrogen and oxygen atoms in total. The Morgan fingerprint density at radius 2 is 1.88 bits per heavy atom. The van der Waals surface area contributed by atoms with E-state index in [0.717, 1.165) is 10.1 Å². The van der Waals surface area contributed by atoms with Crippen molar-refractivity contribution in [2.24, 2.45) is 0 Å². The summed E-state index contributed by atoms with van der Waals surface area (Å²) >= 11 is 13.9. The van der Waals surface area contributed by atoms with Gasteiger partial charge in [0.05, 0.1) is 23.9 Å². The molecule has 1 heterocycles. The Morgan fingerprint density at radius 1 is 1.08 bits per heavy atom. The minimum atomic E-state index is -0.301. The number of fused-ring (bicyclic) bond motifs is 1. The normalized spacial score (nSPS) is 10.7. The van der Waals surface area contributed by atoms with Crippen molar-refractivity contribution in [3.05, 3.63) is 51.3 Å². The van der Waals surface area contributed by atoms with Gasteiger partial charge in [-0.1, -0.05) is 29.3 Å². The molecule has 0 radical (unpaired) electrons. The van der Waals surface area contributed by atoms with E-state index in [1.54, 1.807) is 50.6 Å². The van der Waals surface area contributed by atoms with E-state index in [1.165, 1.54) is 11.3 Å². The fourth-order valence-electron chi connectivity index (χ4n) is 2.27. The molecule has 0 fully saturated rings. The number of hydrogen-bond acceptors (Lipinski definition) is 4. The molecule has 0 aliphatic rings. The quantitative estimate of drug-likeness (QED) is 0.650. The summed E-state index contributed by atoms with van der Waals surface area (Å²) in [5.41, 5.74) is 0.622. The summed E-state index contributed by atoms with van der Waals surface area (Å²) < 4.78 is 11.1. The third kappa shape index (κ3) is 3.02. The van der Waals surface area contributed by atoms with Crippen LogP contribution in [0.5, 0.6) is 11.5 Å². The Kier molecular flexibility index (Phi) is 4.85. The predicted molar refractivity (Wildman–Crippen MR) is 99.3 cm³/mol. The van der Waals surface area contributed by atoms with Crippen LogP contribution in [0.15, 0.2) is 36.4 Å². The number of hydrogen-bond donors (Lipinski definition) is 1. The summed E-state index contributed by atoms with van der Waals surface area (Å²) in [5, 5.41) is 4.36. The number of anilines is 1. The van der Waals surface area contributed by atoms with E-state index in [2.05, 4.69) is 5.32 Å². The molecule has 0 aliphatic heterocycles. The molecule has 0 saturated heterocycles. The van der Waals surface area contributed by atoms with E-state index in [0.29, 0.717) is 32.1 Å². The van der Waals surface area contributed by atoms with E-state index in [-0.39, 0.29) is 5.91 Å². The molecule has 0 atom stereocenters. The molecule has 0 saturated carbocycles. The highest BCUT2D eigenvalue weighted by Gasteiger charge is 2.20. The zero-order valence-corrected chi connectivity index (χ0v) is 15.2. The van der Waals surface area contributed by atoms with Crippen LogP contribution in [0.3, 0.4) is 0 Å². The Morgan fingerprint density at radius 3 is 2.58 bits per heavy atom. The highest BCUT2D eigenvalue weighted by atomic mass is 35.5. The van der Waals surface area contributed by atoms with Crippen LogP contribution in [0.4, 0.5) is 5.69 Å². The minimum absolute atomic E-state index is 0.301. The van der Waals surface area contributed by atoms with Crippen molar-refractivity contribution in [2.75, 3.05) is 19.5 Å². The average Bonchev–Trinajstić information content (AvgIpc) is 2.93. The average molecular weight is 382 g/mol. The molecule has 124 valence electrons. The van der Waals surface area contributed by atoms with Crippen LogP contribution in [0.2, 0.25) is 10.0 Å². The third-order valence-electron chi connectivity index (χ3n) is 3.46. The van der Waals surface area contributed by atoms with Crippen LogP contribution < -0.4 is 14.8 Å². The minimum Gasteiger partial charge on any atom is -0.497 e. The van der Waals surface area contributed by atoms with Crippen LogP contribution in [0, 0.1) is 0 Å². The van der Waals surface area contributed by atoms with Crippen molar-refractivity contribution in [2.45, 2.75) is 0 Å². The molecule has 0 bridgehead atoms. The fourth-order valence-corrected chi connectivity index (χ4v) is 4.06. The number of nitrogens with one attached hydrogen (secondary N) is 1. The Hall–Kier alpha value is -1.95. The van der Waals surface area contributed by atoms with Crippen molar-refractivity contribution in [3.63, 3.8) is 0 Å². The van der Waals surface area contributed by atoms with Crippen molar-refractivity contribution in [1.82, 2.24) is 0 Å². The maximum atomic E-state index is 12.6. The lowest BCUT2D eigenvalue weighted by Gasteiger charge is -2.06. The van der Waals surface area contributed by atoms with Crippen LogP contribution in [0.1, 0.15) is 9.67 Å². The van der Waals surface area contributed by atoms with Gasteiger partial charge in [-0.25, -0.2) is 0 Å². The number of carbonyl (C=O) groups is 1. The predicted octanol–water partition coefficient (Wildman–Crippen LogP) is 5.48. The van der Waals surface area contributed by atoms with Crippen LogP contribution in [0.25, 0.3) is 10.1 Å². The number of thiophene rings is 1. The van der Waals surface area contributed by atoms with Crippen LogP contribution in [-0.2, 0) is 0 Å². The third-order valence-corrected chi connectivity index (χ3v) is 5.67. The van der Waals surface area contributed by atoms with E-state index < -0.39 is 0 Å². The number of methoxy groups -OCH3 is 2. The molecule has 1 amide bonds. The molecule has 0 spiro atoms. The summed E-state index contributed by atoms with van der Waals surface area (Å²) in [4.78, 5) is 13.0. The molecule has 1 aromatic heterocycles. The Bertz CT molecular complexity index is 924. The van der Waals surface area contributed by atoms with Crippen molar-refractivity contribution in [3.8, 4) is 11.5 Å². The Balaban J connectivity index is 1.97. The van der Waals surface area contributed by atoms with Crippen molar-refractivity contribution < 1.29 is 14.3 Å². The molecule has 2 aromatic carbocycles. The summed E-state index contributed by atoms with van der Waals surface area (Å²) in [6.07, 6.45) is 0. The lowest BCUT2D eigenvalue weighted by Crippen LogP contribution is -2.10. The second-order valence-electron chi connectivity index (χ2n) is 4.89. The lowest BCUT2D eigenvalue weighted by atomic mass is 10.2. The first-order chi connectivity index (χ1) is 11.5. The summed E-state index contributed by atoms with van der Waals surface area (Å²) in [6, 6.07) is 10.6. The Labute approximate surface area is 152 Å². The molecule has 7 heteroatoms. The zero-order chi connectivity index (χ0) is 17.3. The van der Waals surface area contributed by atoms with Crippen LogP contribution >= 0.6 is 34.5 Å². The van der Waals surface area contributed by atoms with E-state index in [9.17, 15) is 4.79 Å². The van der Waals surface area contributed by atoms with Gasteiger partial charge in [-0.05, 0) is 24.3 Å². The second kappa shape index (κ2) is 6.89. The van der Waals surface area contributed by atoms with Crippen molar-refractivity contribution in [1.29, 1.82) is 0 Å². The number of rotatable bonds is 4. The van der Waals surface area contributed by atoms with Gasteiger partial charge < -0.3 is 14.8 Å². The molecule has 3 rings (SSSR count). The van der Waals surface area contributed by atoms with Gasteiger partial charge in [-0.3, -0.25) is 4.79 Å². The number of halogens is 2. The van der Waals surface area contributed by atoms with Gasteiger partial charge in [0, 0.05) is 17.1 Å². The van der Waals surface area contributed by atoms with Crippen LogP contribution in [-0.4, -0.2) is 20.1 Å². The first-order valence-electron chi connectivity index (χ1n) is 6.95. The standard InChI is InChI=1S/C17H13Cl2NO3S/c1-22-10-5-3-4-9(8-10)20-17(21)16-13(18)11-6-7-12(23-2)14(19)15(11)24-16/h3-8H,1-2H3,(H,20,21). The largest absolute Gasteiger partial charge is 0.497 e. The van der Waals surface area contributed by atoms with E-state index >= 15 is 0 Å². The number of amides is 1. The summed E-state index contributed by atoms with van der Waals surface area (Å²) in [6.45, 7) is 0. The highest BCUT2D eigenvalue weighted by molar-refractivity contribution is 7.22. The van der Waals surface area contributed by atoms with Crippen molar-refractivity contribution >= 4 is 56.2 Å². The zero-order valence-electron chi connectivity index (χ0n) is 12.9. The van der Waals surface area contributed by atoms with Gasteiger partial charge >= 0.3 is 0 Å². The van der Waals surface area contributed by atoms with Gasteiger partial charge in [0.2, 0.25) is 0 Å². The molecular formula is C17H13Cl2NO3S. The topological polar surface area (TPSA) is 47.6 Å². The number of carbonyl (C=O) groups excluding carboxylic acids is 1. The van der Waals surface area contributed by atoms with Gasteiger partial charge in [0.1, 0.15) is 21.4 Å². The first kappa shape index (κ1) is 16.9. The van der Waals surface area contributed by atoms with E-state index in [4.69, 9.17) is 32.7 Å². The highest BCUT2D eigenvalue weighted by Crippen LogP contribution is 2.43. The summed E-state index contributed by atoms with van der Waals surface area (Å²) in [7, 11) is 3.11. The fraction of sp³-hybridized carbons (Fsp3) is 0.118. The van der Waals surface area contributed by atoms with Gasteiger partial charge in [-0.15, -0.1) is 11.3 Å². The molecule has 3 aromatic rings. The van der Waals surface area contributed by atoms with E-state index in [1.807, 2.05) is 0 Å². The SMILES string of the molecule is COc1cccc(NC(=O)c2sc3c(Cl)c(OC)ccc3c2Cl)c1. The number of ether oxygens (including phenoxy) is 2. The molecule has 1 N–H and O–H groups in total. The van der Waals surface area contributed by atoms with Gasteiger partial charge in [0.15, 0.2) is 0 Å². The van der Waals surface area contributed by atoms with Gasteiger partial charge in [-0.2, -0.15) is 0 Å². The second-order valence-corrected chi connectivity index (χ2v) is 6.67.